The van der Waals surface area contributed by atoms with Gasteiger partial charge in [0.05, 0.1) is 6.42 Å². The standard InChI is InChI=1S/C15H23N3O4.ClH/c1-15(2,3)21-13(20)7-6-11(19)16-9-8-12-17-14(18-22-12)10-4-5-10;/h10H,4-9H2,1-3H3,(H,16,19);1H. The van der Waals surface area contributed by atoms with Crippen LogP contribution >= 0.6 is 12.4 Å². The van der Waals surface area contributed by atoms with Crippen molar-refractivity contribution in [2.75, 3.05) is 6.54 Å². The Labute approximate surface area is 141 Å². The van der Waals surface area contributed by atoms with E-state index in [1.165, 1.54) is 0 Å². The SMILES string of the molecule is CC(C)(C)OC(=O)CCC(=O)NCCc1nc(C2CC2)no1.Cl. The summed E-state index contributed by atoms with van der Waals surface area (Å²) in [6, 6.07) is 0. The highest BCUT2D eigenvalue weighted by atomic mass is 35.5. The zero-order chi connectivity index (χ0) is 16.2. The Morgan fingerprint density at radius 2 is 2.00 bits per heavy atom. The highest BCUT2D eigenvalue weighted by molar-refractivity contribution is 5.85. The van der Waals surface area contributed by atoms with Gasteiger partial charge in [0.2, 0.25) is 11.8 Å². The van der Waals surface area contributed by atoms with E-state index in [9.17, 15) is 9.59 Å². The summed E-state index contributed by atoms with van der Waals surface area (Å²) in [6.07, 6.45) is 2.94. The van der Waals surface area contributed by atoms with Crippen molar-refractivity contribution >= 4 is 24.3 Å². The van der Waals surface area contributed by atoms with Crippen LogP contribution in [0.25, 0.3) is 0 Å². The van der Waals surface area contributed by atoms with Crippen molar-refractivity contribution in [3.63, 3.8) is 0 Å². The normalized spacial score (nSPS) is 14.0. The average Bonchev–Trinajstić information content (AvgIpc) is 3.15. The number of carbonyl (C=O) groups is 2. The van der Waals surface area contributed by atoms with Crippen molar-refractivity contribution in [1.29, 1.82) is 0 Å². The maximum atomic E-state index is 11.6. The van der Waals surface area contributed by atoms with Gasteiger partial charge in [0.1, 0.15) is 5.60 Å². The van der Waals surface area contributed by atoms with Gasteiger partial charge in [-0.3, -0.25) is 9.59 Å². The third-order valence-corrected chi connectivity index (χ3v) is 3.06. The number of halogens is 1. The predicted molar refractivity (Wildman–Crippen MR) is 85.3 cm³/mol. The Morgan fingerprint density at radius 3 is 2.61 bits per heavy atom. The molecule has 1 amide bonds. The minimum Gasteiger partial charge on any atom is -0.460 e. The fourth-order valence-corrected chi connectivity index (χ4v) is 1.88. The minimum atomic E-state index is -0.523. The van der Waals surface area contributed by atoms with Crippen LogP contribution in [-0.4, -0.2) is 34.2 Å². The minimum absolute atomic E-state index is 0. The van der Waals surface area contributed by atoms with E-state index in [0.29, 0.717) is 24.8 Å². The topological polar surface area (TPSA) is 94.3 Å². The van der Waals surface area contributed by atoms with Gasteiger partial charge in [-0.15, -0.1) is 12.4 Å². The van der Waals surface area contributed by atoms with Crippen LogP contribution in [-0.2, 0) is 20.7 Å². The van der Waals surface area contributed by atoms with Crippen molar-refractivity contribution in [2.45, 2.75) is 64.4 Å². The Balaban J connectivity index is 0.00000264. The number of carbonyl (C=O) groups excluding carboxylic acids is 2. The number of nitrogens with one attached hydrogen (secondary N) is 1. The second kappa shape index (κ2) is 8.29. The molecule has 0 bridgehead atoms. The van der Waals surface area contributed by atoms with Crippen LogP contribution < -0.4 is 5.32 Å². The lowest BCUT2D eigenvalue weighted by atomic mass is 10.2. The van der Waals surface area contributed by atoms with Crippen LogP contribution in [0.3, 0.4) is 0 Å². The van der Waals surface area contributed by atoms with Crippen molar-refractivity contribution in [3.05, 3.63) is 11.7 Å². The van der Waals surface area contributed by atoms with Crippen molar-refractivity contribution < 1.29 is 18.8 Å². The third-order valence-electron chi connectivity index (χ3n) is 3.06. The lowest BCUT2D eigenvalue weighted by Crippen LogP contribution is -2.28. The molecule has 23 heavy (non-hydrogen) atoms. The number of amides is 1. The van der Waals surface area contributed by atoms with E-state index in [1.807, 2.05) is 0 Å². The van der Waals surface area contributed by atoms with Gasteiger partial charge in [-0.25, -0.2) is 0 Å². The molecule has 1 heterocycles. The molecule has 1 aliphatic carbocycles. The summed E-state index contributed by atoms with van der Waals surface area (Å²) in [5.41, 5.74) is -0.523. The van der Waals surface area contributed by atoms with Crippen molar-refractivity contribution in [1.82, 2.24) is 15.5 Å². The van der Waals surface area contributed by atoms with Crippen LogP contribution in [0.5, 0.6) is 0 Å². The number of nitrogens with zero attached hydrogens (tertiary/aromatic N) is 2. The van der Waals surface area contributed by atoms with Crippen LogP contribution in [0.2, 0.25) is 0 Å². The van der Waals surface area contributed by atoms with Crippen LogP contribution in [0.1, 0.15) is 64.1 Å². The summed E-state index contributed by atoms with van der Waals surface area (Å²) < 4.78 is 10.3. The number of esters is 1. The van der Waals surface area contributed by atoms with Crippen molar-refractivity contribution in [2.24, 2.45) is 0 Å². The zero-order valence-electron chi connectivity index (χ0n) is 13.8. The zero-order valence-corrected chi connectivity index (χ0v) is 14.6. The Bertz CT molecular complexity index is 535. The summed E-state index contributed by atoms with van der Waals surface area (Å²) in [5.74, 6) is 1.21. The quantitative estimate of drug-likeness (QED) is 0.761. The lowest BCUT2D eigenvalue weighted by molar-refractivity contribution is -0.155. The molecule has 0 atom stereocenters. The molecule has 0 aromatic carbocycles. The first-order valence-corrected chi connectivity index (χ1v) is 7.64. The van der Waals surface area contributed by atoms with Gasteiger partial charge in [-0.1, -0.05) is 5.16 Å². The molecule has 8 heteroatoms. The smallest absolute Gasteiger partial charge is 0.306 e. The fourth-order valence-electron chi connectivity index (χ4n) is 1.88. The molecule has 1 aliphatic rings. The molecule has 130 valence electrons. The molecule has 1 aromatic rings. The van der Waals surface area contributed by atoms with E-state index in [2.05, 4.69) is 15.5 Å². The van der Waals surface area contributed by atoms with Crippen LogP contribution in [0.15, 0.2) is 4.52 Å². The van der Waals surface area contributed by atoms with E-state index in [1.54, 1.807) is 20.8 Å². The molecule has 7 nitrogen and oxygen atoms in total. The van der Waals surface area contributed by atoms with E-state index in [-0.39, 0.29) is 37.1 Å². The van der Waals surface area contributed by atoms with Gasteiger partial charge < -0.3 is 14.6 Å². The first-order valence-electron chi connectivity index (χ1n) is 7.64. The molecule has 1 saturated carbocycles. The maximum absolute atomic E-state index is 11.6. The monoisotopic (exact) mass is 345 g/mol. The van der Waals surface area contributed by atoms with Gasteiger partial charge in [0.15, 0.2) is 5.82 Å². The lowest BCUT2D eigenvalue weighted by Gasteiger charge is -2.19. The molecular formula is C15H24ClN3O4. The fraction of sp³-hybridized carbons (Fsp3) is 0.733. The summed E-state index contributed by atoms with van der Waals surface area (Å²) in [7, 11) is 0. The second-order valence-electron chi connectivity index (χ2n) is 6.51. The Kier molecular flexibility index (Phi) is 7.00. The molecule has 0 aliphatic heterocycles. The summed E-state index contributed by atoms with van der Waals surface area (Å²) in [5, 5.41) is 6.64. The molecule has 0 unspecified atom stereocenters. The second-order valence-corrected chi connectivity index (χ2v) is 6.51. The molecule has 0 saturated heterocycles. The highest BCUT2D eigenvalue weighted by Gasteiger charge is 2.28. The first kappa shape index (κ1) is 19.4. The molecule has 2 rings (SSSR count). The van der Waals surface area contributed by atoms with Gasteiger partial charge in [-0.05, 0) is 33.6 Å². The Hall–Kier alpha value is -1.63. The molecule has 1 N–H and O–H groups in total. The average molecular weight is 346 g/mol. The number of hydrogen-bond acceptors (Lipinski definition) is 6. The first-order chi connectivity index (χ1) is 10.3. The number of ether oxygens (including phenoxy) is 1. The van der Waals surface area contributed by atoms with Crippen LogP contribution in [0.4, 0.5) is 0 Å². The van der Waals surface area contributed by atoms with E-state index in [0.717, 1.165) is 18.7 Å². The highest BCUT2D eigenvalue weighted by Crippen LogP contribution is 2.38. The van der Waals surface area contributed by atoms with E-state index < -0.39 is 5.60 Å². The Morgan fingerprint density at radius 1 is 1.30 bits per heavy atom. The van der Waals surface area contributed by atoms with Gasteiger partial charge >= 0.3 is 5.97 Å². The van der Waals surface area contributed by atoms with E-state index >= 15 is 0 Å². The maximum Gasteiger partial charge on any atom is 0.306 e. The molecule has 0 radical (unpaired) electrons. The third kappa shape index (κ3) is 7.45. The van der Waals surface area contributed by atoms with Gasteiger partial charge in [-0.2, -0.15) is 4.98 Å². The summed E-state index contributed by atoms with van der Waals surface area (Å²) in [4.78, 5) is 27.4. The molecule has 0 spiro atoms. The number of hydrogen-bond donors (Lipinski definition) is 1. The molecule has 1 fully saturated rings. The number of rotatable bonds is 7. The predicted octanol–water partition coefficient (Wildman–Crippen LogP) is 2.15. The summed E-state index contributed by atoms with van der Waals surface area (Å²) >= 11 is 0. The van der Waals surface area contributed by atoms with Gasteiger partial charge in [0.25, 0.3) is 0 Å². The molecular weight excluding hydrogens is 322 g/mol. The number of aromatic nitrogens is 2. The molecule has 1 aromatic heterocycles. The van der Waals surface area contributed by atoms with Crippen LogP contribution in [0, 0.1) is 0 Å². The summed E-state index contributed by atoms with van der Waals surface area (Å²) in [6.45, 7) is 5.81. The van der Waals surface area contributed by atoms with Gasteiger partial charge in [0, 0.05) is 25.3 Å². The van der Waals surface area contributed by atoms with Crippen molar-refractivity contribution in [3.8, 4) is 0 Å². The largest absolute Gasteiger partial charge is 0.460 e. The van der Waals surface area contributed by atoms with E-state index in [4.69, 9.17) is 9.26 Å².